The third kappa shape index (κ3) is 2.58. The molecule has 1 unspecified atom stereocenters. The van der Waals surface area contributed by atoms with Crippen LogP contribution >= 0.6 is 0 Å². The lowest BCUT2D eigenvalue weighted by Gasteiger charge is -2.09. The van der Waals surface area contributed by atoms with E-state index < -0.39 is 11.9 Å². The Morgan fingerprint density at radius 1 is 1.57 bits per heavy atom. The SMILES string of the molecule is COc1cnc(NC(C)C(N)=O)nc1. The van der Waals surface area contributed by atoms with Crippen molar-refractivity contribution in [2.75, 3.05) is 12.4 Å². The maximum absolute atomic E-state index is 10.7. The molecule has 0 aliphatic heterocycles. The van der Waals surface area contributed by atoms with Crippen LogP contribution in [0.25, 0.3) is 0 Å². The van der Waals surface area contributed by atoms with E-state index in [9.17, 15) is 4.79 Å². The molecule has 1 heterocycles. The second-order valence-corrected chi connectivity index (χ2v) is 2.71. The predicted molar refractivity (Wildman–Crippen MR) is 50.9 cm³/mol. The van der Waals surface area contributed by atoms with Crippen molar-refractivity contribution in [2.24, 2.45) is 5.73 Å². The fourth-order valence-corrected chi connectivity index (χ4v) is 0.761. The van der Waals surface area contributed by atoms with Crippen molar-refractivity contribution in [1.82, 2.24) is 9.97 Å². The van der Waals surface area contributed by atoms with E-state index in [1.165, 1.54) is 19.5 Å². The van der Waals surface area contributed by atoms with E-state index in [0.717, 1.165) is 0 Å². The first kappa shape index (κ1) is 10.2. The van der Waals surface area contributed by atoms with Crippen LogP contribution in [0.5, 0.6) is 5.75 Å². The number of nitrogens with zero attached hydrogens (tertiary/aromatic N) is 2. The van der Waals surface area contributed by atoms with Gasteiger partial charge in [0.05, 0.1) is 19.5 Å². The van der Waals surface area contributed by atoms with Crippen molar-refractivity contribution < 1.29 is 9.53 Å². The van der Waals surface area contributed by atoms with E-state index in [1.54, 1.807) is 6.92 Å². The second-order valence-electron chi connectivity index (χ2n) is 2.71. The van der Waals surface area contributed by atoms with Gasteiger partial charge in [-0.25, -0.2) is 9.97 Å². The lowest BCUT2D eigenvalue weighted by molar-refractivity contribution is -0.118. The molecule has 0 aromatic carbocycles. The van der Waals surface area contributed by atoms with Gasteiger partial charge in [-0.05, 0) is 6.92 Å². The predicted octanol–water partition coefficient (Wildman–Crippen LogP) is -0.229. The molecule has 1 rings (SSSR count). The van der Waals surface area contributed by atoms with E-state index in [0.29, 0.717) is 11.7 Å². The number of carbonyl (C=O) groups is 1. The molecule has 6 heteroatoms. The summed E-state index contributed by atoms with van der Waals surface area (Å²) in [4.78, 5) is 18.5. The smallest absolute Gasteiger partial charge is 0.239 e. The molecule has 0 spiro atoms. The number of aromatic nitrogens is 2. The van der Waals surface area contributed by atoms with Crippen molar-refractivity contribution in [3.63, 3.8) is 0 Å². The van der Waals surface area contributed by atoms with Crippen molar-refractivity contribution in [2.45, 2.75) is 13.0 Å². The first-order valence-electron chi connectivity index (χ1n) is 4.05. The van der Waals surface area contributed by atoms with Crippen LogP contribution in [-0.2, 0) is 4.79 Å². The minimum absolute atomic E-state index is 0.345. The van der Waals surface area contributed by atoms with Crippen LogP contribution in [0.2, 0.25) is 0 Å². The number of hydrogen-bond donors (Lipinski definition) is 2. The molecule has 1 amide bonds. The number of ether oxygens (including phenoxy) is 1. The average Bonchev–Trinajstić information content (AvgIpc) is 2.19. The van der Waals surface area contributed by atoms with Crippen LogP contribution in [0.1, 0.15) is 6.92 Å². The lowest BCUT2D eigenvalue weighted by atomic mass is 10.3. The van der Waals surface area contributed by atoms with Crippen LogP contribution in [0.3, 0.4) is 0 Å². The Bertz CT molecular complexity index is 312. The Balaban J connectivity index is 2.64. The minimum Gasteiger partial charge on any atom is -0.494 e. The van der Waals surface area contributed by atoms with E-state index in [2.05, 4.69) is 15.3 Å². The molecule has 76 valence electrons. The average molecular weight is 196 g/mol. The molecule has 0 fully saturated rings. The van der Waals surface area contributed by atoms with E-state index in [4.69, 9.17) is 10.5 Å². The highest BCUT2D eigenvalue weighted by Gasteiger charge is 2.08. The molecule has 0 saturated heterocycles. The third-order valence-corrected chi connectivity index (χ3v) is 1.64. The number of methoxy groups -OCH3 is 1. The van der Waals surface area contributed by atoms with Gasteiger partial charge in [0, 0.05) is 0 Å². The van der Waals surface area contributed by atoms with Crippen molar-refractivity contribution in [3.05, 3.63) is 12.4 Å². The molecule has 1 aromatic heterocycles. The first-order valence-corrected chi connectivity index (χ1v) is 4.05. The maximum Gasteiger partial charge on any atom is 0.239 e. The van der Waals surface area contributed by atoms with Crippen molar-refractivity contribution >= 4 is 11.9 Å². The number of rotatable bonds is 4. The fourth-order valence-electron chi connectivity index (χ4n) is 0.761. The highest BCUT2D eigenvalue weighted by Crippen LogP contribution is 2.07. The van der Waals surface area contributed by atoms with Gasteiger partial charge >= 0.3 is 0 Å². The highest BCUT2D eigenvalue weighted by molar-refractivity contribution is 5.81. The zero-order valence-corrected chi connectivity index (χ0v) is 8.02. The Morgan fingerprint density at radius 2 is 2.14 bits per heavy atom. The van der Waals surface area contributed by atoms with Gasteiger partial charge in [0.25, 0.3) is 0 Å². The third-order valence-electron chi connectivity index (χ3n) is 1.64. The molecular weight excluding hydrogens is 184 g/mol. The summed E-state index contributed by atoms with van der Waals surface area (Å²) in [5, 5.41) is 2.74. The van der Waals surface area contributed by atoms with Gasteiger partial charge < -0.3 is 15.8 Å². The summed E-state index contributed by atoms with van der Waals surface area (Å²) in [5.41, 5.74) is 5.06. The van der Waals surface area contributed by atoms with E-state index in [-0.39, 0.29) is 0 Å². The summed E-state index contributed by atoms with van der Waals surface area (Å²) in [7, 11) is 1.53. The Labute approximate surface area is 81.5 Å². The van der Waals surface area contributed by atoms with Crippen LogP contribution in [0, 0.1) is 0 Å². The molecular formula is C8H12N4O2. The molecule has 1 aromatic rings. The summed E-state index contributed by atoms with van der Waals surface area (Å²) in [5.74, 6) is 0.448. The normalized spacial score (nSPS) is 11.9. The van der Waals surface area contributed by atoms with Crippen molar-refractivity contribution in [3.8, 4) is 5.75 Å². The number of nitrogens with two attached hydrogens (primary N) is 1. The minimum atomic E-state index is -0.497. The molecule has 1 atom stereocenters. The molecule has 6 nitrogen and oxygen atoms in total. The van der Waals surface area contributed by atoms with Gasteiger partial charge in [0.15, 0.2) is 5.75 Å². The van der Waals surface area contributed by atoms with Gasteiger partial charge in [-0.2, -0.15) is 0 Å². The molecule has 0 aliphatic rings. The monoisotopic (exact) mass is 196 g/mol. The summed E-state index contributed by atoms with van der Waals surface area (Å²) >= 11 is 0. The zero-order valence-electron chi connectivity index (χ0n) is 8.02. The fraction of sp³-hybridized carbons (Fsp3) is 0.375. The number of hydrogen-bond acceptors (Lipinski definition) is 5. The molecule has 0 radical (unpaired) electrons. The van der Waals surface area contributed by atoms with E-state index in [1.807, 2.05) is 0 Å². The Hall–Kier alpha value is -1.85. The van der Waals surface area contributed by atoms with Crippen molar-refractivity contribution in [1.29, 1.82) is 0 Å². The van der Waals surface area contributed by atoms with E-state index >= 15 is 0 Å². The van der Waals surface area contributed by atoms with Crippen LogP contribution in [-0.4, -0.2) is 29.0 Å². The number of anilines is 1. The second kappa shape index (κ2) is 4.40. The van der Waals surface area contributed by atoms with Crippen LogP contribution in [0.15, 0.2) is 12.4 Å². The molecule has 0 aliphatic carbocycles. The first-order chi connectivity index (χ1) is 6.63. The van der Waals surface area contributed by atoms with Gasteiger partial charge in [-0.15, -0.1) is 0 Å². The van der Waals surface area contributed by atoms with Crippen LogP contribution < -0.4 is 15.8 Å². The van der Waals surface area contributed by atoms with Gasteiger partial charge in [0.1, 0.15) is 6.04 Å². The largest absolute Gasteiger partial charge is 0.494 e. The summed E-state index contributed by atoms with van der Waals surface area (Å²) < 4.78 is 4.88. The number of carbonyl (C=O) groups excluding carboxylic acids is 1. The number of primary amides is 1. The molecule has 3 N–H and O–H groups in total. The Kier molecular flexibility index (Phi) is 3.22. The topological polar surface area (TPSA) is 90.1 Å². The lowest BCUT2D eigenvalue weighted by Crippen LogP contribution is -2.33. The summed E-state index contributed by atoms with van der Waals surface area (Å²) in [6.45, 7) is 1.63. The Morgan fingerprint density at radius 3 is 2.57 bits per heavy atom. The molecule has 0 saturated carbocycles. The molecule has 14 heavy (non-hydrogen) atoms. The van der Waals surface area contributed by atoms with Gasteiger partial charge in [-0.1, -0.05) is 0 Å². The summed E-state index contributed by atoms with van der Waals surface area (Å²) in [6, 6.07) is -0.497. The zero-order chi connectivity index (χ0) is 10.6. The quantitative estimate of drug-likeness (QED) is 0.694. The number of nitrogens with one attached hydrogen (secondary N) is 1. The maximum atomic E-state index is 10.7. The van der Waals surface area contributed by atoms with Gasteiger partial charge in [0.2, 0.25) is 11.9 Å². The standard InChI is InChI=1S/C8H12N4O2/c1-5(7(9)13)12-8-10-3-6(14-2)4-11-8/h3-5H,1-2H3,(H2,9,13)(H,10,11,12). The number of amides is 1. The molecule has 0 bridgehead atoms. The van der Waals surface area contributed by atoms with Crippen LogP contribution in [0.4, 0.5) is 5.95 Å². The summed E-state index contributed by atoms with van der Waals surface area (Å²) in [6.07, 6.45) is 3.01. The highest BCUT2D eigenvalue weighted by atomic mass is 16.5. The van der Waals surface area contributed by atoms with Gasteiger partial charge in [-0.3, -0.25) is 4.79 Å².